The zero-order valence-electron chi connectivity index (χ0n) is 21.1. The number of ketones is 1. The lowest BCUT2D eigenvalue weighted by Gasteiger charge is -2.40. The number of nitrogens with one attached hydrogen (secondary N) is 1. The van der Waals surface area contributed by atoms with Gasteiger partial charge in [0.05, 0.1) is 25.7 Å². The maximum atomic E-state index is 13.7. The van der Waals surface area contributed by atoms with E-state index in [1.165, 1.54) is 12.8 Å². The number of esters is 1. The van der Waals surface area contributed by atoms with Crippen molar-refractivity contribution in [3.8, 4) is 11.5 Å². The summed E-state index contributed by atoms with van der Waals surface area (Å²) in [6.45, 7) is 6.11. The Morgan fingerprint density at radius 2 is 1.74 bits per heavy atom. The Morgan fingerprint density at radius 1 is 1.03 bits per heavy atom. The van der Waals surface area contributed by atoms with E-state index in [0.29, 0.717) is 29.1 Å². The Morgan fingerprint density at radius 3 is 2.38 bits per heavy atom. The molecule has 1 saturated carbocycles. The molecule has 0 saturated heterocycles. The van der Waals surface area contributed by atoms with Crippen LogP contribution in [0.25, 0.3) is 0 Å². The van der Waals surface area contributed by atoms with Gasteiger partial charge in [-0.2, -0.15) is 0 Å². The molecule has 1 atom stereocenters. The summed E-state index contributed by atoms with van der Waals surface area (Å²) >= 11 is 0. The van der Waals surface area contributed by atoms with Crippen molar-refractivity contribution < 1.29 is 23.8 Å². The minimum absolute atomic E-state index is 0.0564. The minimum Gasteiger partial charge on any atom is -0.493 e. The second-order valence-corrected chi connectivity index (χ2v) is 10.5. The van der Waals surface area contributed by atoms with Crippen molar-refractivity contribution in [1.82, 2.24) is 5.32 Å². The van der Waals surface area contributed by atoms with Crippen LogP contribution in [-0.4, -0.2) is 32.1 Å². The van der Waals surface area contributed by atoms with Crippen LogP contribution < -0.4 is 14.8 Å². The Labute approximate surface area is 202 Å². The predicted octanol–water partition coefficient (Wildman–Crippen LogP) is 5.57. The molecule has 1 unspecified atom stereocenters. The Kier molecular flexibility index (Phi) is 7.06. The molecule has 1 aromatic rings. The molecule has 1 heterocycles. The highest BCUT2D eigenvalue weighted by Gasteiger charge is 2.44. The molecule has 34 heavy (non-hydrogen) atoms. The number of carbonyl (C=O) groups is 2. The second-order valence-electron chi connectivity index (χ2n) is 10.5. The van der Waals surface area contributed by atoms with Gasteiger partial charge < -0.3 is 19.5 Å². The zero-order chi connectivity index (χ0) is 24.5. The number of hydrogen-bond acceptors (Lipinski definition) is 6. The lowest BCUT2D eigenvalue weighted by molar-refractivity contribution is -0.145. The number of allylic oxidation sites excluding steroid dienone is 3. The fourth-order valence-electron chi connectivity index (χ4n) is 5.73. The van der Waals surface area contributed by atoms with Gasteiger partial charge in [-0.1, -0.05) is 38.8 Å². The van der Waals surface area contributed by atoms with Crippen molar-refractivity contribution in [1.29, 1.82) is 0 Å². The molecule has 6 heteroatoms. The van der Waals surface area contributed by atoms with E-state index in [4.69, 9.17) is 14.2 Å². The molecular weight excluding hydrogens is 430 g/mol. The largest absolute Gasteiger partial charge is 0.493 e. The first-order valence-corrected chi connectivity index (χ1v) is 12.4. The van der Waals surface area contributed by atoms with E-state index in [9.17, 15) is 9.59 Å². The third kappa shape index (κ3) is 4.73. The number of carbonyl (C=O) groups excluding carboxylic acids is 2. The van der Waals surface area contributed by atoms with E-state index < -0.39 is 5.92 Å². The summed E-state index contributed by atoms with van der Waals surface area (Å²) in [5, 5.41) is 3.42. The Bertz CT molecular complexity index is 1030. The van der Waals surface area contributed by atoms with Crippen LogP contribution in [0.4, 0.5) is 0 Å². The van der Waals surface area contributed by atoms with E-state index >= 15 is 0 Å². The molecule has 0 spiro atoms. The molecule has 1 N–H and O–H groups in total. The van der Waals surface area contributed by atoms with Gasteiger partial charge in [-0.15, -0.1) is 0 Å². The Hall–Kier alpha value is -2.76. The molecule has 1 aromatic carbocycles. The fourth-order valence-corrected chi connectivity index (χ4v) is 5.73. The van der Waals surface area contributed by atoms with Gasteiger partial charge in [0, 0.05) is 29.0 Å². The van der Waals surface area contributed by atoms with E-state index in [2.05, 4.69) is 19.2 Å². The summed E-state index contributed by atoms with van der Waals surface area (Å²) in [6, 6.07) is 5.62. The van der Waals surface area contributed by atoms with Gasteiger partial charge in [0.1, 0.15) is 6.10 Å². The summed E-state index contributed by atoms with van der Waals surface area (Å²) < 4.78 is 17.4. The van der Waals surface area contributed by atoms with Gasteiger partial charge in [-0.25, -0.2) is 4.79 Å². The standard InChI is InChI=1S/C28H37NO5/c1-17-23(27(31)34-18-11-8-6-7-9-12-18)24(19-13-10-14-22(32-4)26(19)33-5)25-20(29-17)15-28(2,3)16-21(25)30/h10,13-14,18,24,29H,6-9,11-12,15-16H2,1-5H3. The fraction of sp³-hybridized carbons (Fsp3) is 0.571. The summed E-state index contributed by atoms with van der Waals surface area (Å²) in [5.74, 6) is 0.243. The molecule has 1 fully saturated rings. The highest BCUT2D eigenvalue weighted by atomic mass is 16.5. The first-order valence-electron chi connectivity index (χ1n) is 12.4. The highest BCUT2D eigenvalue weighted by molar-refractivity contribution is 6.04. The van der Waals surface area contributed by atoms with Gasteiger partial charge in [-0.05, 0) is 50.5 Å². The first kappa shape index (κ1) is 24.4. The number of methoxy groups -OCH3 is 2. The third-order valence-electron chi connectivity index (χ3n) is 7.28. The maximum Gasteiger partial charge on any atom is 0.337 e. The molecular formula is C28H37NO5. The molecule has 184 valence electrons. The number of dihydropyridines is 1. The van der Waals surface area contributed by atoms with Crippen LogP contribution in [-0.2, 0) is 14.3 Å². The van der Waals surface area contributed by atoms with Crippen LogP contribution in [0.15, 0.2) is 40.7 Å². The van der Waals surface area contributed by atoms with E-state index in [-0.39, 0.29) is 23.3 Å². The molecule has 0 amide bonds. The summed E-state index contributed by atoms with van der Waals surface area (Å²) in [7, 11) is 3.18. The van der Waals surface area contributed by atoms with Gasteiger partial charge in [0.2, 0.25) is 0 Å². The number of benzene rings is 1. The molecule has 1 aliphatic heterocycles. The van der Waals surface area contributed by atoms with Gasteiger partial charge >= 0.3 is 5.97 Å². The van der Waals surface area contributed by atoms with Gasteiger partial charge in [0.25, 0.3) is 0 Å². The second kappa shape index (κ2) is 9.85. The van der Waals surface area contributed by atoms with Crippen LogP contribution in [0.3, 0.4) is 0 Å². The quantitative estimate of drug-likeness (QED) is 0.451. The SMILES string of the molecule is COc1cccc(C2C(C(=O)OC3CCCCCC3)=C(C)NC3=C2C(=O)CC(C)(C)C3)c1OC. The van der Waals surface area contributed by atoms with Crippen LogP contribution in [0.1, 0.15) is 83.6 Å². The molecule has 4 rings (SSSR count). The maximum absolute atomic E-state index is 13.7. The molecule has 3 aliphatic rings. The molecule has 6 nitrogen and oxygen atoms in total. The molecule has 0 radical (unpaired) electrons. The number of rotatable bonds is 5. The number of para-hydroxylation sites is 1. The minimum atomic E-state index is -0.567. The van der Waals surface area contributed by atoms with E-state index in [1.54, 1.807) is 14.2 Å². The van der Waals surface area contributed by atoms with E-state index in [0.717, 1.165) is 49.1 Å². The summed E-state index contributed by atoms with van der Waals surface area (Å²) in [5.41, 5.74) is 3.35. The average Bonchev–Trinajstić information content (AvgIpc) is 3.05. The van der Waals surface area contributed by atoms with Crippen molar-refractivity contribution in [3.05, 3.63) is 46.3 Å². The number of Topliss-reactive ketones (excluding diaryl/α,β-unsaturated/α-hetero) is 1. The average molecular weight is 468 g/mol. The lowest BCUT2D eigenvalue weighted by atomic mass is 9.68. The zero-order valence-corrected chi connectivity index (χ0v) is 21.1. The molecule has 2 aliphatic carbocycles. The van der Waals surface area contributed by atoms with Gasteiger partial charge in [0.15, 0.2) is 17.3 Å². The van der Waals surface area contributed by atoms with Crippen LogP contribution >= 0.6 is 0 Å². The normalized spacial score (nSPS) is 23.1. The van der Waals surface area contributed by atoms with Crippen LogP contribution in [0.5, 0.6) is 11.5 Å². The molecule has 0 aromatic heterocycles. The third-order valence-corrected chi connectivity index (χ3v) is 7.28. The Balaban J connectivity index is 1.82. The summed E-state index contributed by atoms with van der Waals surface area (Å²) in [6.07, 6.45) is 7.37. The van der Waals surface area contributed by atoms with Crippen LogP contribution in [0.2, 0.25) is 0 Å². The van der Waals surface area contributed by atoms with Gasteiger partial charge in [-0.3, -0.25) is 4.79 Å². The van der Waals surface area contributed by atoms with Crippen molar-refractivity contribution >= 4 is 11.8 Å². The lowest BCUT2D eigenvalue weighted by Crippen LogP contribution is -2.39. The topological polar surface area (TPSA) is 73.9 Å². The predicted molar refractivity (Wildman–Crippen MR) is 131 cm³/mol. The van der Waals surface area contributed by atoms with Crippen molar-refractivity contribution in [3.63, 3.8) is 0 Å². The van der Waals surface area contributed by atoms with E-state index in [1.807, 2.05) is 25.1 Å². The van der Waals surface area contributed by atoms with Crippen molar-refractivity contribution in [2.24, 2.45) is 5.41 Å². The van der Waals surface area contributed by atoms with Crippen molar-refractivity contribution in [2.75, 3.05) is 14.2 Å². The first-order chi connectivity index (χ1) is 16.3. The molecule has 0 bridgehead atoms. The summed E-state index contributed by atoms with van der Waals surface area (Å²) in [4.78, 5) is 27.3. The van der Waals surface area contributed by atoms with Crippen molar-refractivity contribution in [2.45, 2.75) is 84.2 Å². The monoisotopic (exact) mass is 467 g/mol. The number of hydrogen-bond donors (Lipinski definition) is 1. The highest BCUT2D eigenvalue weighted by Crippen LogP contribution is 2.50. The smallest absolute Gasteiger partial charge is 0.337 e. The van der Waals surface area contributed by atoms with Crippen LogP contribution in [0, 0.1) is 5.41 Å². The number of ether oxygens (including phenoxy) is 3.